The average Bonchev–Trinajstić information content (AvgIpc) is 2.97. The van der Waals surface area contributed by atoms with Gasteiger partial charge in [0.05, 0.1) is 12.7 Å². The minimum absolute atomic E-state index is 0.162. The number of benzene rings is 1. The highest BCUT2D eigenvalue weighted by molar-refractivity contribution is 7.17. The van der Waals surface area contributed by atoms with Crippen LogP contribution in [0.3, 0.4) is 0 Å². The maximum absolute atomic E-state index is 12.3. The number of nitrogens with one attached hydrogen (secondary N) is 1. The smallest absolute Gasteiger partial charge is 0.262 e. The van der Waals surface area contributed by atoms with Crippen molar-refractivity contribution in [3.8, 4) is 11.5 Å². The van der Waals surface area contributed by atoms with E-state index in [0.29, 0.717) is 28.0 Å². The van der Waals surface area contributed by atoms with Crippen LogP contribution in [0.25, 0.3) is 0 Å². The Morgan fingerprint density at radius 2 is 2.12 bits per heavy atom. The van der Waals surface area contributed by atoms with Crippen molar-refractivity contribution in [3.05, 3.63) is 40.3 Å². The largest absolute Gasteiger partial charge is 0.497 e. The fraction of sp³-hybridized carbons (Fsp3) is 0.368. The molecule has 1 aromatic heterocycles. The number of carbonyl (C=O) groups is 2. The highest BCUT2D eigenvalue weighted by atomic mass is 32.1. The number of thiophene rings is 1. The maximum Gasteiger partial charge on any atom is 0.262 e. The van der Waals surface area contributed by atoms with Gasteiger partial charge in [-0.15, -0.1) is 11.3 Å². The number of nitrogens with two attached hydrogens (primary N) is 1. The third-order valence-corrected chi connectivity index (χ3v) is 5.59. The first-order valence-electron chi connectivity index (χ1n) is 8.49. The van der Waals surface area contributed by atoms with Crippen molar-refractivity contribution >= 4 is 28.2 Å². The first kappa shape index (κ1) is 18.3. The summed E-state index contributed by atoms with van der Waals surface area (Å²) in [6.45, 7) is 2.02. The molecule has 2 aromatic rings. The molecule has 0 fully saturated rings. The molecule has 138 valence electrons. The third kappa shape index (κ3) is 3.99. The van der Waals surface area contributed by atoms with Gasteiger partial charge in [-0.05, 0) is 42.9 Å². The van der Waals surface area contributed by atoms with Crippen LogP contribution in [0.2, 0.25) is 0 Å². The molecule has 0 saturated carbocycles. The molecule has 6 nitrogen and oxygen atoms in total. The zero-order valence-electron chi connectivity index (χ0n) is 14.8. The van der Waals surface area contributed by atoms with Crippen LogP contribution in [-0.2, 0) is 17.6 Å². The lowest BCUT2D eigenvalue weighted by Crippen LogP contribution is -2.22. The fourth-order valence-electron chi connectivity index (χ4n) is 3.10. The van der Waals surface area contributed by atoms with Crippen LogP contribution in [0.5, 0.6) is 11.5 Å². The summed E-state index contributed by atoms with van der Waals surface area (Å²) < 4.78 is 10.6. The normalized spacial score (nSPS) is 15.8. The zero-order chi connectivity index (χ0) is 18.7. The molecule has 1 aromatic carbocycles. The number of rotatable bonds is 6. The molecule has 3 rings (SSSR count). The van der Waals surface area contributed by atoms with E-state index in [4.69, 9.17) is 15.2 Å². The van der Waals surface area contributed by atoms with Gasteiger partial charge < -0.3 is 20.5 Å². The van der Waals surface area contributed by atoms with Gasteiger partial charge in [0.2, 0.25) is 0 Å². The molecule has 1 heterocycles. The standard InChI is InChI=1S/C19H22N2O4S/c1-11-6-7-14-15(8-11)26-19(17(14)18(20)23)21-16(22)10-25-13-5-3-4-12(9-13)24-2/h3-5,9,11H,6-8,10H2,1-2H3,(H2,20,23)(H,21,22)/t11-/m1/s1. The Bertz CT molecular complexity index is 831. The van der Waals surface area contributed by atoms with Crippen LogP contribution in [0, 0.1) is 5.92 Å². The molecule has 1 atom stereocenters. The predicted octanol–water partition coefficient (Wildman–Crippen LogP) is 3.00. The lowest BCUT2D eigenvalue weighted by Gasteiger charge is -2.18. The Balaban J connectivity index is 1.70. The van der Waals surface area contributed by atoms with Gasteiger partial charge in [-0.25, -0.2) is 0 Å². The molecule has 0 aliphatic heterocycles. The average molecular weight is 374 g/mol. The number of amides is 2. The summed E-state index contributed by atoms with van der Waals surface area (Å²) >= 11 is 1.44. The minimum atomic E-state index is -0.499. The van der Waals surface area contributed by atoms with Crippen LogP contribution in [0.1, 0.15) is 34.1 Å². The van der Waals surface area contributed by atoms with Gasteiger partial charge in [0.25, 0.3) is 11.8 Å². The molecule has 0 saturated heterocycles. The molecular weight excluding hydrogens is 352 g/mol. The molecule has 0 bridgehead atoms. The van der Waals surface area contributed by atoms with E-state index in [2.05, 4.69) is 12.2 Å². The van der Waals surface area contributed by atoms with Gasteiger partial charge in [0.1, 0.15) is 16.5 Å². The first-order chi connectivity index (χ1) is 12.5. The summed E-state index contributed by atoms with van der Waals surface area (Å²) in [5, 5.41) is 3.31. The van der Waals surface area contributed by atoms with Gasteiger partial charge >= 0.3 is 0 Å². The van der Waals surface area contributed by atoms with E-state index in [1.54, 1.807) is 31.4 Å². The van der Waals surface area contributed by atoms with Crippen molar-refractivity contribution in [2.24, 2.45) is 11.7 Å². The fourth-order valence-corrected chi connectivity index (χ4v) is 4.53. The van der Waals surface area contributed by atoms with Crippen LogP contribution >= 0.6 is 11.3 Å². The Kier molecular flexibility index (Phi) is 5.46. The van der Waals surface area contributed by atoms with Gasteiger partial charge in [0, 0.05) is 10.9 Å². The van der Waals surface area contributed by atoms with Crippen molar-refractivity contribution in [2.45, 2.75) is 26.2 Å². The lowest BCUT2D eigenvalue weighted by atomic mass is 9.88. The zero-order valence-corrected chi connectivity index (χ0v) is 15.7. The maximum atomic E-state index is 12.3. The van der Waals surface area contributed by atoms with Crippen molar-refractivity contribution in [2.75, 3.05) is 19.0 Å². The van der Waals surface area contributed by atoms with Crippen LogP contribution in [-0.4, -0.2) is 25.5 Å². The van der Waals surface area contributed by atoms with E-state index in [1.807, 2.05) is 0 Å². The van der Waals surface area contributed by atoms with Crippen LogP contribution in [0.15, 0.2) is 24.3 Å². The van der Waals surface area contributed by atoms with E-state index >= 15 is 0 Å². The van der Waals surface area contributed by atoms with E-state index in [-0.39, 0.29) is 12.5 Å². The second-order valence-corrected chi connectivity index (χ2v) is 7.54. The van der Waals surface area contributed by atoms with E-state index in [1.165, 1.54) is 11.3 Å². The van der Waals surface area contributed by atoms with Gasteiger partial charge in [0.15, 0.2) is 6.61 Å². The molecule has 2 amide bonds. The second-order valence-electron chi connectivity index (χ2n) is 6.44. The van der Waals surface area contributed by atoms with Crippen LogP contribution < -0.4 is 20.5 Å². The third-order valence-electron chi connectivity index (χ3n) is 4.42. The Labute approximate surface area is 156 Å². The number of primary amides is 1. The Hall–Kier alpha value is -2.54. The molecule has 26 heavy (non-hydrogen) atoms. The number of fused-ring (bicyclic) bond motifs is 1. The summed E-state index contributed by atoms with van der Waals surface area (Å²) in [6.07, 6.45) is 2.76. The monoisotopic (exact) mass is 374 g/mol. The van der Waals surface area contributed by atoms with Crippen molar-refractivity contribution in [1.29, 1.82) is 0 Å². The molecule has 0 unspecified atom stereocenters. The summed E-state index contributed by atoms with van der Waals surface area (Å²) in [5.41, 5.74) is 7.00. The highest BCUT2D eigenvalue weighted by Gasteiger charge is 2.27. The van der Waals surface area contributed by atoms with Crippen molar-refractivity contribution in [3.63, 3.8) is 0 Å². The number of anilines is 1. The second kappa shape index (κ2) is 7.78. The summed E-state index contributed by atoms with van der Waals surface area (Å²) in [5.74, 6) is 0.928. The van der Waals surface area contributed by atoms with Crippen LogP contribution in [0.4, 0.5) is 5.00 Å². The van der Waals surface area contributed by atoms with Gasteiger partial charge in [-0.2, -0.15) is 0 Å². The van der Waals surface area contributed by atoms with Crippen molar-refractivity contribution < 1.29 is 19.1 Å². The first-order valence-corrected chi connectivity index (χ1v) is 9.30. The molecule has 1 aliphatic rings. The molecule has 0 radical (unpaired) electrons. The Morgan fingerprint density at radius 3 is 2.85 bits per heavy atom. The summed E-state index contributed by atoms with van der Waals surface area (Å²) in [7, 11) is 1.57. The minimum Gasteiger partial charge on any atom is -0.497 e. The Morgan fingerprint density at radius 1 is 1.35 bits per heavy atom. The number of ether oxygens (including phenoxy) is 2. The predicted molar refractivity (Wildman–Crippen MR) is 101 cm³/mol. The summed E-state index contributed by atoms with van der Waals surface area (Å²) in [4.78, 5) is 25.3. The van der Waals surface area contributed by atoms with Crippen molar-refractivity contribution in [1.82, 2.24) is 0 Å². The molecule has 3 N–H and O–H groups in total. The molecule has 0 spiro atoms. The van der Waals surface area contributed by atoms with Gasteiger partial charge in [-0.1, -0.05) is 13.0 Å². The number of methoxy groups -OCH3 is 1. The topological polar surface area (TPSA) is 90.7 Å². The lowest BCUT2D eigenvalue weighted by molar-refractivity contribution is -0.118. The number of carbonyl (C=O) groups excluding carboxylic acids is 2. The molecule has 1 aliphatic carbocycles. The van der Waals surface area contributed by atoms with E-state index in [0.717, 1.165) is 29.7 Å². The summed E-state index contributed by atoms with van der Waals surface area (Å²) in [6, 6.07) is 7.03. The highest BCUT2D eigenvalue weighted by Crippen LogP contribution is 2.39. The quantitative estimate of drug-likeness (QED) is 0.813. The van der Waals surface area contributed by atoms with E-state index in [9.17, 15) is 9.59 Å². The number of hydrogen-bond donors (Lipinski definition) is 2. The van der Waals surface area contributed by atoms with Gasteiger partial charge in [-0.3, -0.25) is 9.59 Å². The SMILES string of the molecule is COc1cccc(OCC(=O)Nc2sc3c(c2C(N)=O)CC[C@@H](C)C3)c1. The van der Waals surface area contributed by atoms with E-state index < -0.39 is 5.91 Å². The molecule has 7 heteroatoms. The molecular formula is C19H22N2O4S. The number of hydrogen-bond acceptors (Lipinski definition) is 5.